The Hall–Kier alpha value is -0.160. The topological polar surface area (TPSA) is 36.9 Å². The Morgan fingerprint density at radius 3 is 2.59 bits per heavy atom. The highest BCUT2D eigenvalue weighted by atomic mass is 16.8. The molecular weight excluding hydrogens is 220 g/mol. The maximum atomic E-state index is 5.92. The van der Waals surface area contributed by atoms with Crippen LogP contribution in [0.25, 0.3) is 0 Å². The Labute approximate surface area is 104 Å². The fourth-order valence-corrected chi connectivity index (χ4v) is 2.75. The zero-order valence-corrected chi connectivity index (χ0v) is 11.3. The average molecular weight is 244 g/mol. The van der Waals surface area contributed by atoms with Gasteiger partial charge in [0.15, 0.2) is 5.79 Å². The first-order chi connectivity index (χ1) is 8.03. The molecule has 4 nitrogen and oxygen atoms in total. The molecule has 0 aromatic heterocycles. The van der Waals surface area contributed by atoms with Gasteiger partial charge in [0.2, 0.25) is 0 Å². The number of ether oxygens (including phenoxy) is 4. The molecule has 0 N–H and O–H groups in total. The zero-order valence-electron chi connectivity index (χ0n) is 11.3. The Balaban J connectivity index is 1.83. The molecule has 0 spiro atoms. The van der Waals surface area contributed by atoms with E-state index >= 15 is 0 Å². The number of hydrogen-bond acceptors (Lipinski definition) is 4. The van der Waals surface area contributed by atoms with Gasteiger partial charge in [-0.2, -0.15) is 0 Å². The summed E-state index contributed by atoms with van der Waals surface area (Å²) in [6.45, 7) is 10.2. The van der Waals surface area contributed by atoms with Gasteiger partial charge in [0.05, 0.1) is 25.4 Å². The van der Waals surface area contributed by atoms with Crippen molar-refractivity contribution in [2.75, 3.05) is 19.8 Å². The van der Waals surface area contributed by atoms with Crippen molar-refractivity contribution >= 4 is 0 Å². The van der Waals surface area contributed by atoms with Crippen LogP contribution in [-0.2, 0) is 18.9 Å². The minimum absolute atomic E-state index is 0.0848. The van der Waals surface area contributed by atoms with Gasteiger partial charge in [-0.1, -0.05) is 6.92 Å². The molecule has 2 aliphatic rings. The number of rotatable bonds is 5. The van der Waals surface area contributed by atoms with Crippen molar-refractivity contribution in [2.24, 2.45) is 5.92 Å². The van der Waals surface area contributed by atoms with Gasteiger partial charge in [-0.3, -0.25) is 0 Å². The van der Waals surface area contributed by atoms with Crippen molar-refractivity contribution in [2.45, 2.75) is 58.2 Å². The lowest BCUT2D eigenvalue weighted by Crippen LogP contribution is -2.31. The summed E-state index contributed by atoms with van der Waals surface area (Å²) >= 11 is 0. The van der Waals surface area contributed by atoms with Crippen LogP contribution in [0, 0.1) is 5.92 Å². The van der Waals surface area contributed by atoms with Gasteiger partial charge in [-0.25, -0.2) is 0 Å². The van der Waals surface area contributed by atoms with Crippen molar-refractivity contribution in [3.8, 4) is 0 Å². The fraction of sp³-hybridized carbons (Fsp3) is 1.00. The molecule has 0 bridgehead atoms. The minimum atomic E-state index is -0.467. The third kappa shape index (κ3) is 2.99. The molecule has 4 heteroatoms. The van der Waals surface area contributed by atoms with Crippen molar-refractivity contribution in [1.82, 2.24) is 0 Å². The molecule has 0 aromatic carbocycles. The van der Waals surface area contributed by atoms with Crippen LogP contribution in [0.1, 0.15) is 34.1 Å². The van der Waals surface area contributed by atoms with Crippen LogP contribution in [0.3, 0.4) is 0 Å². The average Bonchev–Trinajstić information content (AvgIpc) is 2.70. The predicted octanol–water partition coefficient (Wildman–Crippen LogP) is 1.97. The Morgan fingerprint density at radius 1 is 1.18 bits per heavy atom. The summed E-state index contributed by atoms with van der Waals surface area (Å²) in [5.74, 6) is 0.0322. The lowest BCUT2D eigenvalue weighted by Gasteiger charge is -2.22. The minimum Gasteiger partial charge on any atom is -0.379 e. The Morgan fingerprint density at radius 2 is 1.88 bits per heavy atom. The molecule has 1 saturated heterocycles. The van der Waals surface area contributed by atoms with E-state index in [9.17, 15) is 0 Å². The summed E-state index contributed by atoms with van der Waals surface area (Å²) in [7, 11) is 0. The Bertz CT molecular complexity index is 254. The largest absolute Gasteiger partial charge is 0.379 e. The molecule has 17 heavy (non-hydrogen) atoms. The quantitative estimate of drug-likeness (QED) is 0.693. The van der Waals surface area contributed by atoms with E-state index in [0.717, 1.165) is 13.0 Å². The maximum Gasteiger partial charge on any atom is 0.163 e. The molecule has 0 amide bonds. The second-order valence-electron chi connectivity index (χ2n) is 5.38. The molecule has 2 fully saturated rings. The summed E-state index contributed by atoms with van der Waals surface area (Å²) in [5.41, 5.74) is 0. The van der Waals surface area contributed by atoms with E-state index in [2.05, 4.69) is 6.92 Å². The predicted molar refractivity (Wildman–Crippen MR) is 63.8 cm³/mol. The molecule has 0 unspecified atom stereocenters. The van der Waals surface area contributed by atoms with E-state index in [0.29, 0.717) is 19.1 Å². The van der Waals surface area contributed by atoms with Gasteiger partial charge in [0.25, 0.3) is 0 Å². The van der Waals surface area contributed by atoms with E-state index in [1.54, 1.807) is 0 Å². The SMILES string of the molecule is CCOCCO[C@H]1C[C@@H](C)[C@@H]2OC(C)(C)O[C@@H]21. The molecule has 1 aliphatic heterocycles. The number of hydrogen-bond donors (Lipinski definition) is 0. The molecular formula is C13H24O4. The second-order valence-corrected chi connectivity index (χ2v) is 5.38. The zero-order chi connectivity index (χ0) is 12.5. The summed E-state index contributed by atoms with van der Waals surface area (Å²) in [4.78, 5) is 0. The normalized spacial score (nSPS) is 39.5. The fourth-order valence-electron chi connectivity index (χ4n) is 2.75. The molecule has 2 rings (SSSR count). The maximum absolute atomic E-state index is 5.92. The third-order valence-corrected chi connectivity index (χ3v) is 3.46. The highest BCUT2D eigenvalue weighted by molar-refractivity contribution is 4.97. The van der Waals surface area contributed by atoms with Gasteiger partial charge in [0.1, 0.15) is 6.10 Å². The van der Waals surface area contributed by atoms with Gasteiger partial charge >= 0.3 is 0 Å². The molecule has 100 valence electrons. The molecule has 0 radical (unpaired) electrons. The van der Waals surface area contributed by atoms with Gasteiger partial charge < -0.3 is 18.9 Å². The van der Waals surface area contributed by atoms with E-state index in [-0.39, 0.29) is 18.3 Å². The van der Waals surface area contributed by atoms with Crippen molar-refractivity contribution < 1.29 is 18.9 Å². The van der Waals surface area contributed by atoms with Crippen LogP contribution in [0.5, 0.6) is 0 Å². The number of fused-ring (bicyclic) bond motifs is 1. The first-order valence-electron chi connectivity index (χ1n) is 6.58. The van der Waals surface area contributed by atoms with Gasteiger partial charge in [-0.15, -0.1) is 0 Å². The summed E-state index contributed by atoms with van der Waals surface area (Å²) < 4.78 is 23.0. The highest BCUT2D eigenvalue weighted by Gasteiger charge is 2.52. The molecule has 1 saturated carbocycles. The molecule has 1 aliphatic carbocycles. The van der Waals surface area contributed by atoms with Crippen LogP contribution >= 0.6 is 0 Å². The Kier molecular flexibility index (Phi) is 4.08. The van der Waals surface area contributed by atoms with Crippen molar-refractivity contribution in [1.29, 1.82) is 0 Å². The molecule has 0 aromatic rings. The van der Waals surface area contributed by atoms with Crippen molar-refractivity contribution in [3.05, 3.63) is 0 Å². The van der Waals surface area contributed by atoms with Crippen LogP contribution < -0.4 is 0 Å². The van der Waals surface area contributed by atoms with Crippen LogP contribution in [-0.4, -0.2) is 43.9 Å². The van der Waals surface area contributed by atoms with Crippen LogP contribution in [0.2, 0.25) is 0 Å². The highest BCUT2D eigenvalue weighted by Crippen LogP contribution is 2.42. The summed E-state index contributed by atoms with van der Waals surface area (Å²) in [6, 6.07) is 0. The third-order valence-electron chi connectivity index (χ3n) is 3.46. The lowest BCUT2D eigenvalue weighted by atomic mass is 10.1. The second kappa shape index (κ2) is 5.22. The first-order valence-corrected chi connectivity index (χ1v) is 6.58. The monoisotopic (exact) mass is 244 g/mol. The molecule has 4 atom stereocenters. The summed E-state index contributed by atoms with van der Waals surface area (Å²) in [5, 5.41) is 0. The lowest BCUT2D eigenvalue weighted by molar-refractivity contribution is -0.171. The molecule has 1 heterocycles. The standard InChI is InChI=1S/C13H24O4/c1-5-14-6-7-15-10-8-9(2)11-12(10)17-13(3,4)16-11/h9-12H,5-8H2,1-4H3/t9-,10+,11+,12-/m1/s1. The van der Waals surface area contributed by atoms with Gasteiger partial charge in [0, 0.05) is 6.61 Å². The van der Waals surface area contributed by atoms with E-state index in [1.165, 1.54) is 0 Å². The summed E-state index contributed by atoms with van der Waals surface area (Å²) in [6.07, 6.45) is 1.43. The van der Waals surface area contributed by atoms with E-state index < -0.39 is 5.79 Å². The smallest absolute Gasteiger partial charge is 0.163 e. The van der Waals surface area contributed by atoms with Gasteiger partial charge in [-0.05, 0) is 33.1 Å². The first kappa shape index (κ1) is 13.3. The van der Waals surface area contributed by atoms with E-state index in [4.69, 9.17) is 18.9 Å². The van der Waals surface area contributed by atoms with E-state index in [1.807, 2.05) is 20.8 Å². The van der Waals surface area contributed by atoms with Crippen LogP contribution in [0.4, 0.5) is 0 Å². The van der Waals surface area contributed by atoms with Crippen LogP contribution in [0.15, 0.2) is 0 Å². The van der Waals surface area contributed by atoms with Crippen molar-refractivity contribution in [3.63, 3.8) is 0 Å².